The minimum Gasteiger partial charge on any atom is -0.493 e. The van der Waals surface area contributed by atoms with E-state index in [4.69, 9.17) is 33.2 Å². The zero-order chi connectivity index (χ0) is 54.3. The number of hydrogen-bond acceptors (Lipinski definition) is 15. The highest BCUT2D eigenvalue weighted by Gasteiger charge is 2.36. The Kier molecular flexibility index (Phi) is 19.3. The molecule has 3 aromatic rings. The molecule has 20 heteroatoms. The minimum atomic E-state index is -0.417. The summed E-state index contributed by atoms with van der Waals surface area (Å²) in [5.41, 5.74) is 7.32. The topological polar surface area (TPSA) is 225 Å². The first-order valence-electron chi connectivity index (χ1n) is 25.7. The third-order valence-corrected chi connectivity index (χ3v) is 13.2. The van der Waals surface area contributed by atoms with E-state index in [1.807, 2.05) is 42.3 Å². The fraction of sp³-hybridized carbons (Fsp3) is 0.421. The lowest BCUT2D eigenvalue weighted by Crippen LogP contribution is -2.36. The van der Waals surface area contributed by atoms with Crippen molar-refractivity contribution in [3.05, 3.63) is 112 Å². The van der Waals surface area contributed by atoms with E-state index in [0.717, 1.165) is 39.2 Å². The molecule has 0 bridgehead atoms. The zero-order valence-electron chi connectivity index (χ0n) is 43.6. The summed E-state index contributed by atoms with van der Waals surface area (Å²) < 4.78 is 40.6. The van der Waals surface area contributed by atoms with Crippen molar-refractivity contribution in [1.29, 1.82) is 0 Å². The van der Waals surface area contributed by atoms with E-state index < -0.39 is 11.8 Å². The average Bonchev–Trinajstić information content (AvgIpc) is 4.05. The van der Waals surface area contributed by atoms with Crippen LogP contribution in [0.3, 0.4) is 0 Å². The third kappa shape index (κ3) is 15.0. The maximum atomic E-state index is 13.6. The summed E-state index contributed by atoms with van der Waals surface area (Å²) in [7, 11) is 1.54. The predicted molar refractivity (Wildman–Crippen MR) is 284 cm³/mol. The Morgan fingerprint density at radius 3 is 2.06 bits per heavy atom. The molecule has 3 N–H and O–H groups in total. The molecule has 0 aliphatic carbocycles. The fourth-order valence-electron chi connectivity index (χ4n) is 9.30. The van der Waals surface area contributed by atoms with Crippen LogP contribution in [0.25, 0.3) is 0 Å². The smallest absolute Gasteiger partial charge is 0.256 e. The molecular weight excluding hydrogens is 991 g/mol. The average molecular weight is 1060 g/mol. The van der Waals surface area contributed by atoms with E-state index >= 15 is 0 Å². The molecule has 0 saturated carbocycles. The lowest BCUT2D eigenvalue weighted by Gasteiger charge is -2.21. The van der Waals surface area contributed by atoms with Gasteiger partial charge in [-0.2, -0.15) is 0 Å². The molecule has 20 nitrogen and oxygen atoms in total. The summed E-state index contributed by atoms with van der Waals surface area (Å²) in [5.74, 6) is 6.20. The Morgan fingerprint density at radius 1 is 0.714 bits per heavy atom. The van der Waals surface area contributed by atoms with Crippen LogP contribution >= 0.6 is 0 Å². The lowest BCUT2D eigenvalue weighted by atomic mass is 10.1. The van der Waals surface area contributed by atoms with Gasteiger partial charge in [-0.1, -0.05) is 36.1 Å². The summed E-state index contributed by atoms with van der Waals surface area (Å²) in [5, 5.41) is 8.94. The van der Waals surface area contributed by atoms with E-state index in [1.165, 1.54) is 19.3 Å². The van der Waals surface area contributed by atoms with E-state index in [1.54, 1.807) is 23.1 Å². The van der Waals surface area contributed by atoms with Crippen molar-refractivity contribution in [3.63, 3.8) is 0 Å². The second-order valence-electron chi connectivity index (χ2n) is 19.0. The van der Waals surface area contributed by atoms with E-state index in [0.29, 0.717) is 118 Å². The molecule has 5 heterocycles. The van der Waals surface area contributed by atoms with Crippen LogP contribution in [0.5, 0.6) is 17.2 Å². The van der Waals surface area contributed by atoms with Gasteiger partial charge in [-0.15, -0.1) is 0 Å². The van der Waals surface area contributed by atoms with Crippen molar-refractivity contribution < 1.29 is 61.9 Å². The van der Waals surface area contributed by atoms with Crippen LogP contribution in [0, 0.1) is 18.8 Å². The van der Waals surface area contributed by atoms with Crippen LogP contribution in [0.4, 0.5) is 11.4 Å². The maximum absolute atomic E-state index is 13.6. The highest BCUT2D eigenvalue weighted by molar-refractivity contribution is 6.13. The number of aryl methyl sites for hydroxylation is 1. The van der Waals surface area contributed by atoms with Gasteiger partial charge < -0.3 is 58.9 Å². The van der Waals surface area contributed by atoms with Crippen molar-refractivity contribution in [2.75, 3.05) is 105 Å². The Balaban J connectivity index is 0.777. The van der Waals surface area contributed by atoms with E-state index in [-0.39, 0.29) is 88.1 Å². The van der Waals surface area contributed by atoms with Gasteiger partial charge in [-0.05, 0) is 66.8 Å². The number of carbonyl (C=O) groups excluding carboxylic acids is 6. The van der Waals surface area contributed by atoms with E-state index in [9.17, 15) is 28.8 Å². The van der Waals surface area contributed by atoms with Gasteiger partial charge in [0.05, 0.1) is 101 Å². The minimum absolute atomic E-state index is 0.0212. The van der Waals surface area contributed by atoms with Crippen LogP contribution in [-0.2, 0) is 51.3 Å². The fourth-order valence-corrected chi connectivity index (χ4v) is 9.30. The highest BCUT2D eigenvalue weighted by Crippen LogP contribution is 2.39. The number of imide groups is 1. The van der Waals surface area contributed by atoms with Crippen LogP contribution in [0.1, 0.15) is 68.7 Å². The molecule has 0 aromatic heterocycles. The van der Waals surface area contributed by atoms with Gasteiger partial charge in [-0.3, -0.25) is 38.7 Å². The molecule has 2 saturated heterocycles. The Morgan fingerprint density at radius 2 is 1.35 bits per heavy atom. The summed E-state index contributed by atoms with van der Waals surface area (Å²) in [6, 6.07) is 12.8. The molecule has 77 heavy (non-hydrogen) atoms. The molecule has 0 radical (unpaired) electrons. The molecule has 2 atom stereocenters. The number of anilines is 1. The number of nitrogens with one attached hydrogen (secondary N) is 3. The highest BCUT2D eigenvalue weighted by atomic mass is 16.6. The van der Waals surface area contributed by atoms with Crippen LogP contribution < -0.4 is 30.2 Å². The normalized spacial score (nSPS) is 17.2. The molecule has 3 aromatic carbocycles. The van der Waals surface area contributed by atoms with Crippen LogP contribution in [-0.4, -0.2) is 168 Å². The number of rotatable bonds is 26. The molecule has 406 valence electrons. The monoisotopic (exact) mass is 1060 g/mol. The zero-order valence-corrected chi connectivity index (χ0v) is 43.6. The van der Waals surface area contributed by atoms with Gasteiger partial charge in [0, 0.05) is 81.6 Å². The largest absolute Gasteiger partial charge is 0.493 e. The second kappa shape index (κ2) is 26.8. The molecule has 6 amide bonds. The summed E-state index contributed by atoms with van der Waals surface area (Å²) in [6.07, 6.45) is 5.77. The molecule has 5 aliphatic heterocycles. The van der Waals surface area contributed by atoms with Gasteiger partial charge in [0.25, 0.3) is 23.6 Å². The Labute approximate surface area is 447 Å². The first-order chi connectivity index (χ1) is 37.3. The lowest BCUT2D eigenvalue weighted by molar-refractivity contribution is -0.137. The van der Waals surface area contributed by atoms with Crippen LogP contribution in [0.2, 0.25) is 0 Å². The van der Waals surface area contributed by atoms with Gasteiger partial charge in [-0.25, -0.2) is 0 Å². The van der Waals surface area contributed by atoms with Crippen molar-refractivity contribution in [2.24, 2.45) is 4.99 Å². The molecular formula is C57H65N7O13. The van der Waals surface area contributed by atoms with Gasteiger partial charge >= 0.3 is 0 Å². The quantitative estimate of drug-likeness (QED) is 0.0444. The van der Waals surface area contributed by atoms with Gasteiger partial charge in [0.1, 0.15) is 19.0 Å². The second-order valence-corrected chi connectivity index (χ2v) is 19.0. The number of nitrogens with zero attached hydrogens (tertiary/aromatic N) is 4. The number of aliphatic imine (C=N–C) groups is 1. The number of amides is 6. The number of carbonyl (C=O) groups is 6. The molecule has 8 rings (SSSR count). The van der Waals surface area contributed by atoms with Gasteiger partial charge in [0.2, 0.25) is 11.8 Å². The molecule has 0 unspecified atom stereocenters. The van der Waals surface area contributed by atoms with Crippen LogP contribution in [0.15, 0.2) is 83.9 Å². The Bertz CT molecular complexity index is 2870. The summed E-state index contributed by atoms with van der Waals surface area (Å²) >= 11 is 0. The van der Waals surface area contributed by atoms with E-state index in [2.05, 4.69) is 45.9 Å². The number of ether oxygens (including phenoxy) is 7. The molecule has 2 fully saturated rings. The summed E-state index contributed by atoms with van der Waals surface area (Å²) in [4.78, 5) is 84.2. The number of methoxy groups -OCH3 is 1. The molecule has 5 aliphatic rings. The SMILES string of the molecule is C=C1C[C@H]2CNc3cc(OCc4cc(C#CCNC(=O)CCOCCOCCOCCOCCNC(=O)CCN5C(=O)C=CC5=O)cc(COc5cc6c(cc5C)C(=O)N5CC(=C)C[C@H]5C=N6)c4)c(OC)cc3C(=O)N2C1. The first kappa shape index (κ1) is 55.4. The standard InChI is InChI=1S/C57H65N7O13/c1-37-22-43-31-60-47-29-49(39(3)24-45(47)56(69)63(43)33-37)76-35-41-25-40(26-42(27-41)36-77-51-30-48-46(28-50(51)71-4)57(70)64-34-38(2)23-44(64)32-61-48)6-5-11-58-53(66)10-14-72-16-18-74-20-21-75-19-17-73-15-12-59-52(65)9-13-62-54(67)7-8-55(62)68/h7-8,24-31,43-44,61H,1-2,9-23,32-36H2,3-4H3,(H,58,66)(H,59,65)/t43-,44-/m0/s1. The van der Waals surface area contributed by atoms with Crippen molar-refractivity contribution in [2.45, 2.75) is 57.9 Å². The number of benzene rings is 3. The number of hydrogen-bond donors (Lipinski definition) is 3. The first-order valence-corrected chi connectivity index (χ1v) is 25.7. The summed E-state index contributed by atoms with van der Waals surface area (Å²) in [6.45, 7) is 14.9. The molecule has 0 spiro atoms. The van der Waals surface area contributed by atoms with Crippen molar-refractivity contribution >= 4 is 53.0 Å². The van der Waals surface area contributed by atoms with Crippen molar-refractivity contribution in [1.82, 2.24) is 25.3 Å². The van der Waals surface area contributed by atoms with Gasteiger partial charge in [0.15, 0.2) is 11.5 Å². The predicted octanol–water partition coefficient (Wildman–Crippen LogP) is 4.20. The Hall–Kier alpha value is -7.83. The van der Waals surface area contributed by atoms with Crippen molar-refractivity contribution in [3.8, 4) is 29.1 Å². The number of fused-ring (bicyclic) bond motifs is 4. The maximum Gasteiger partial charge on any atom is 0.256 e. The third-order valence-electron chi connectivity index (χ3n) is 13.2.